The molecule has 1 N–H and O–H groups in total. The highest BCUT2D eigenvalue weighted by Crippen LogP contribution is 2.27. The summed E-state index contributed by atoms with van der Waals surface area (Å²) in [5.41, 5.74) is 0.469. The number of halogens is 2. The number of anilines is 1. The fraction of sp³-hybridized carbons (Fsp3) is 0.391. The van der Waals surface area contributed by atoms with E-state index in [1.54, 1.807) is 6.92 Å². The molecule has 0 aromatic heterocycles. The zero-order valence-corrected chi connectivity index (χ0v) is 21.6. The lowest BCUT2D eigenvalue weighted by atomic mass is 10.1. The summed E-state index contributed by atoms with van der Waals surface area (Å²) in [6, 6.07) is 12.6. The number of sulfonamides is 1. The van der Waals surface area contributed by atoms with Gasteiger partial charge in [0.25, 0.3) is 0 Å². The van der Waals surface area contributed by atoms with Crippen LogP contribution in [-0.2, 0) is 26.2 Å². The molecule has 2 rings (SSSR count). The first kappa shape index (κ1) is 27.0. The van der Waals surface area contributed by atoms with Crippen LogP contribution in [0.1, 0.15) is 33.3 Å². The molecule has 0 saturated carbocycles. The second kappa shape index (κ2) is 10.8. The Kier molecular flexibility index (Phi) is 8.79. The van der Waals surface area contributed by atoms with Crippen molar-refractivity contribution < 1.29 is 18.0 Å². The number of benzene rings is 2. The summed E-state index contributed by atoms with van der Waals surface area (Å²) < 4.78 is 26.0. The molecule has 0 aliphatic heterocycles. The molecule has 33 heavy (non-hydrogen) atoms. The van der Waals surface area contributed by atoms with E-state index in [1.807, 2.05) is 51.1 Å². The van der Waals surface area contributed by atoms with E-state index < -0.39 is 34.1 Å². The highest BCUT2D eigenvalue weighted by molar-refractivity contribution is 7.92. The van der Waals surface area contributed by atoms with Crippen LogP contribution in [0.15, 0.2) is 48.5 Å². The summed E-state index contributed by atoms with van der Waals surface area (Å²) in [6.45, 7) is 6.75. The van der Waals surface area contributed by atoms with Crippen LogP contribution in [0, 0.1) is 0 Å². The number of hydrogen-bond donors (Lipinski definition) is 1. The van der Waals surface area contributed by atoms with Crippen LogP contribution in [-0.4, -0.2) is 49.5 Å². The first-order chi connectivity index (χ1) is 15.2. The van der Waals surface area contributed by atoms with E-state index in [4.69, 9.17) is 23.2 Å². The molecular formula is C23H29Cl2N3O4S. The van der Waals surface area contributed by atoms with Crippen molar-refractivity contribution in [1.29, 1.82) is 0 Å². The quantitative estimate of drug-likeness (QED) is 0.575. The molecular weight excluding hydrogens is 485 g/mol. The molecule has 0 bridgehead atoms. The molecule has 2 amide bonds. The molecule has 0 radical (unpaired) electrons. The topological polar surface area (TPSA) is 86.8 Å². The minimum Gasteiger partial charge on any atom is -0.350 e. The highest BCUT2D eigenvalue weighted by atomic mass is 35.5. The summed E-state index contributed by atoms with van der Waals surface area (Å²) in [6.07, 6.45) is 0.992. The first-order valence-electron chi connectivity index (χ1n) is 10.3. The van der Waals surface area contributed by atoms with Crippen molar-refractivity contribution in [2.24, 2.45) is 0 Å². The predicted molar refractivity (Wildman–Crippen MR) is 133 cm³/mol. The van der Waals surface area contributed by atoms with Crippen molar-refractivity contribution in [3.8, 4) is 0 Å². The second-order valence-electron chi connectivity index (χ2n) is 8.82. The molecule has 7 nitrogen and oxygen atoms in total. The summed E-state index contributed by atoms with van der Waals surface area (Å²) in [7, 11) is -3.86. The van der Waals surface area contributed by atoms with Crippen molar-refractivity contribution in [2.75, 3.05) is 17.1 Å². The van der Waals surface area contributed by atoms with Crippen LogP contribution in [0.5, 0.6) is 0 Å². The average Bonchev–Trinajstić information content (AvgIpc) is 2.67. The van der Waals surface area contributed by atoms with Gasteiger partial charge >= 0.3 is 0 Å². The molecule has 0 aliphatic rings. The van der Waals surface area contributed by atoms with Gasteiger partial charge in [0.1, 0.15) is 12.6 Å². The van der Waals surface area contributed by atoms with Crippen molar-refractivity contribution in [2.45, 2.75) is 45.8 Å². The summed E-state index contributed by atoms with van der Waals surface area (Å²) in [5.74, 6) is -0.888. The predicted octanol–water partition coefficient (Wildman–Crippen LogP) is 4.09. The van der Waals surface area contributed by atoms with Gasteiger partial charge in [-0.25, -0.2) is 8.42 Å². The number of nitrogens with one attached hydrogen (secondary N) is 1. The molecule has 0 fully saturated rings. The minimum absolute atomic E-state index is 0.131. The van der Waals surface area contributed by atoms with Crippen LogP contribution in [0.25, 0.3) is 0 Å². The van der Waals surface area contributed by atoms with Gasteiger partial charge in [-0.2, -0.15) is 0 Å². The van der Waals surface area contributed by atoms with Gasteiger partial charge in [0, 0.05) is 22.1 Å². The van der Waals surface area contributed by atoms with Crippen LogP contribution < -0.4 is 9.62 Å². The lowest BCUT2D eigenvalue weighted by Gasteiger charge is -2.33. The maximum atomic E-state index is 13.4. The van der Waals surface area contributed by atoms with Gasteiger partial charge in [-0.15, -0.1) is 0 Å². The number of carbonyl (C=O) groups is 2. The Labute approximate surface area is 205 Å². The van der Waals surface area contributed by atoms with Crippen molar-refractivity contribution >= 4 is 50.7 Å². The van der Waals surface area contributed by atoms with Gasteiger partial charge in [-0.3, -0.25) is 13.9 Å². The zero-order valence-electron chi connectivity index (χ0n) is 19.3. The molecule has 0 heterocycles. The number of amides is 2. The molecule has 0 aliphatic carbocycles. The zero-order chi connectivity index (χ0) is 25.0. The van der Waals surface area contributed by atoms with Gasteiger partial charge in [0.2, 0.25) is 21.8 Å². The monoisotopic (exact) mass is 513 g/mol. The van der Waals surface area contributed by atoms with E-state index in [1.165, 1.54) is 23.1 Å². The summed E-state index contributed by atoms with van der Waals surface area (Å²) >= 11 is 12.1. The van der Waals surface area contributed by atoms with E-state index in [0.717, 1.165) is 16.1 Å². The largest absolute Gasteiger partial charge is 0.350 e. The van der Waals surface area contributed by atoms with E-state index in [9.17, 15) is 18.0 Å². The molecule has 1 atom stereocenters. The fourth-order valence-corrected chi connectivity index (χ4v) is 4.48. The van der Waals surface area contributed by atoms with Gasteiger partial charge in [-0.1, -0.05) is 53.5 Å². The van der Waals surface area contributed by atoms with E-state index >= 15 is 0 Å². The van der Waals surface area contributed by atoms with E-state index in [0.29, 0.717) is 0 Å². The van der Waals surface area contributed by atoms with Crippen LogP contribution >= 0.6 is 23.2 Å². The van der Waals surface area contributed by atoms with Crippen LogP contribution in [0.3, 0.4) is 0 Å². The Morgan fingerprint density at radius 3 is 2.06 bits per heavy atom. The Morgan fingerprint density at radius 2 is 1.58 bits per heavy atom. The van der Waals surface area contributed by atoms with Crippen LogP contribution in [0.2, 0.25) is 10.0 Å². The molecule has 180 valence electrons. The number of carbonyl (C=O) groups excluding carboxylic acids is 2. The number of nitrogens with zero attached hydrogens (tertiary/aromatic N) is 2. The minimum atomic E-state index is -3.86. The molecule has 0 saturated heterocycles. The lowest BCUT2D eigenvalue weighted by Crippen LogP contribution is -2.54. The average molecular weight is 514 g/mol. The van der Waals surface area contributed by atoms with Gasteiger partial charge < -0.3 is 10.2 Å². The van der Waals surface area contributed by atoms with Gasteiger partial charge in [0.15, 0.2) is 0 Å². The Hall–Kier alpha value is -2.29. The molecule has 2 aromatic rings. The molecule has 10 heteroatoms. The SMILES string of the molecule is C[C@H](C(=O)NC(C)(C)C)N(Cc1ccccc1)C(=O)CN(c1cc(Cl)cc(Cl)c1)S(C)(=O)=O. The smallest absolute Gasteiger partial charge is 0.244 e. The highest BCUT2D eigenvalue weighted by Gasteiger charge is 2.31. The standard InChI is InChI=1S/C23H29Cl2N3O4S/c1-16(22(30)26-23(2,3)4)27(14-17-9-7-6-8-10-17)21(29)15-28(33(5,31)32)20-12-18(24)11-19(25)13-20/h6-13,16H,14-15H2,1-5H3,(H,26,30)/t16-/m1/s1. The van der Waals surface area contributed by atoms with Gasteiger partial charge in [0.05, 0.1) is 11.9 Å². The van der Waals surface area contributed by atoms with E-state index in [2.05, 4.69) is 5.32 Å². The Bertz CT molecular complexity index is 1080. The fourth-order valence-electron chi connectivity index (χ4n) is 3.13. The lowest BCUT2D eigenvalue weighted by molar-refractivity contribution is -0.140. The summed E-state index contributed by atoms with van der Waals surface area (Å²) in [4.78, 5) is 27.7. The third kappa shape index (κ3) is 8.21. The maximum absolute atomic E-state index is 13.4. The second-order valence-corrected chi connectivity index (χ2v) is 11.6. The van der Waals surface area contributed by atoms with Crippen molar-refractivity contribution in [1.82, 2.24) is 10.2 Å². The third-order valence-corrected chi connectivity index (χ3v) is 6.25. The normalized spacial score (nSPS) is 12.7. The molecule has 2 aromatic carbocycles. The molecule has 0 spiro atoms. The summed E-state index contributed by atoms with van der Waals surface area (Å²) in [5, 5.41) is 3.34. The van der Waals surface area contributed by atoms with Crippen molar-refractivity contribution in [3.63, 3.8) is 0 Å². The molecule has 0 unspecified atom stereocenters. The number of rotatable bonds is 8. The first-order valence-corrected chi connectivity index (χ1v) is 12.9. The Morgan fingerprint density at radius 1 is 1.03 bits per heavy atom. The maximum Gasteiger partial charge on any atom is 0.244 e. The number of hydrogen-bond acceptors (Lipinski definition) is 4. The van der Waals surface area contributed by atoms with Crippen LogP contribution in [0.4, 0.5) is 5.69 Å². The van der Waals surface area contributed by atoms with E-state index in [-0.39, 0.29) is 28.2 Å². The third-order valence-electron chi connectivity index (χ3n) is 4.68. The Balaban J connectivity index is 2.41. The van der Waals surface area contributed by atoms with Gasteiger partial charge in [-0.05, 0) is 51.5 Å². The van der Waals surface area contributed by atoms with Crippen molar-refractivity contribution in [3.05, 3.63) is 64.1 Å².